The highest BCUT2D eigenvalue weighted by Crippen LogP contribution is 2.31. The van der Waals surface area contributed by atoms with Crippen LogP contribution in [0, 0.1) is 0 Å². The van der Waals surface area contributed by atoms with E-state index in [-0.39, 0.29) is 16.8 Å². The number of primary sulfonamides is 1. The number of hydrogen-bond donors (Lipinski definition) is 2. The molecule has 1 aromatic carbocycles. The van der Waals surface area contributed by atoms with Gasteiger partial charge in [0.15, 0.2) is 0 Å². The average molecular weight is 268 g/mol. The standard InChI is InChI=1S/C12H16N2O3S/c1-8(15)14-12-4-2-3-9-7-10(18(13,16)17)5-6-11(9)12/h5-7,12H,2-4H2,1H3,(H,14,15)(H2,13,16,17). The van der Waals surface area contributed by atoms with E-state index in [4.69, 9.17) is 5.14 Å². The Morgan fingerprint density at radius 1 is 1.44 bits per heavy atom. The van der Waals surface area contributed by atoms with Gasteiger partial charge in [0.1, 0.15) is 0 Å². The molecule has 18 heavy (non-hydrogen) atoms. The van der Waals surface area contributed by atoms with Gasteiger partial charge in [0.25, 0.3) is 0 Å². The summed E-state index contributed by atoms with van der Waals surface area (Å²) in [4.78, 5) is 11.3. The zero-order chi connectivity index (χ0) is 13.3. The van der Waals surface area contributed by atoms with Crippen molar-refractivity contribution in [1.29, 1.82) is 0 Å². The fraction of sp³-hybridized carbons (Fsp3) is 0.417. The van der Waals surface area contributed by atoms with Crippen LogP contribution in [0.1, 0.15) is 36.9 Å². The number of aryl methyl sites for hydroxylation is 1. The van der Waals surface area contributed by atoms with Crippen molar-refractivity contribution < 1.29 is 13.2 Å². The van der Waals surface area contributed by atoms with Crippen LogP contribution < -0.4 is 10.5 Å². The Labute approximate surface area is 106 Å². The largest absolute Gasteiger partial charge is 0.350 e. The summed E-state index contributed by atoms with van der Waals surface area (Å²) in [5.74, 6) is -0.0802. The number of benzene rings is 1. The number of sulfonamides is 1. The van der Waals surface area contributed by atoms with Gasteiger partial charge in [-0.15, -0.1) is 0 Å². The van der Waals surface area contributed by atoms with E-state index < -0.39 is 10.0 Å². The second kappa shape index (κ2) is 4.70. The summed E-state index contributed by atoms with van der Waals surface area (Å²) in [6.45, 7) is 1.48. The van der Waals surface area contributed by atoms with Crippen molar-refractivity contribution in [3.05, 3.63) is 29.3 Å². The van der Waals surface area contributed by atoms with Crippen LogP contribution >= 0.6 is 0 Å². The topological polar surface area (TPSA) is 89.3 Å². The maximum absolute atomic E-state index is 11.3. The van der Waals surface area contributed by atoms with Gasteiger partial charge in [0.05, 0.1) is 10.9 Å². The molecule has 3 N–H and O–H groups in total. The molecule has 0 fully saturated rings. The molecule has 0 spiro atoms. The highest BCUT2D eigenvalue weighted by molar-refractivity contribution is 7.89. The molecule has 0 saturated carbocycles. The van der Waals surface area contributed by atoms with Crippen molar-refractivity contribution in [3.63, 3.8) is 0 Å². The van der Waals surface area contributed by atoms with Gasteiger partial charge in [-0.2, -0.15) is 0 Å². The summed E-state index contributed by atoms with van der Waals surface area (Å²) >= 11 is 0. The first kappa shape index (κ1) is 13.0. The highest BCUT2D eigenvalue weighted by Gasteiger charge is 2.22. The Kier molecular flexibility index (Phi) is 3.41. The third-order valence-corrected chi connectivity index (χ3v) is 4.05. The van der Waals surface area contributed by atoms with E-state index in [2.05, 4.69) is 5.32 Å². The highest BCUT2D eigenvalue weighted by atomic mass is 32.2. The van der Waals surface area contributed by atoms with Crippen LogP contribution in [-0.4, -0.2) is 14.3 Å². The lowest BCUT2D eigenvalue weighted by molar-refractivity contribution is -0.119. The first-order valence-electron chi connectivity index (χ1n) is 5.80. The number of hydrogen-bond acceptors (Lipinski definition) is 3. The number of nitrogens with one attached hydrogen (secondary N) is 1. The number of carbonyl (C=O) groups excluding carboxylic acids is 1. The molecule has 1 aliphatic carbocycles. The van der Waals surface area contributed by atoms with Crippen LogP contribution in [0.15, 0.2) is 23.1 Å². The fourth-order valence-electron chi connectivity index (χ4n) is 2.36. The molecular weight excluding hydrogens is 252 g/mol. The molecule has 0 heterocycles. The van der Waals surface area contributed by atoms with Gasteiger partial charge in [-0.05, 0) is 42.5 Å². The average Bonchev–Trinajstić information content (AvgIpc) is 2.27. The molecular formula is C12H16N2O3S. The number of carbonyl (C=O) groups is 1. The molecule has 0 bridgehead atoms. The normalized spacial score (nSPS) is 19.1. The van der Waals surface area contributed by atoms with E-state index in [1.54, 1.807) is 12.1 Å². The molecule has 0 aromatic heterocycles. The van der Waals surface area contributed by atoms with E-state index in [9.17, 15) is 13.2 Å². The molecule has 1 aliphatic rings. The van der Waals surface area contributed by atoms with Gasteiger partial charge in [-0.1, -0.05) is 6.07 Å². The molecule has 0 saturated heterocycles. The van der Waals surface area contributed by atoms with E-state index in [0.717, 1.165) is 30.4 Å². The van der Waals surface area contributed by atoms with Crippen molar-refractivity contribution >= 4 is 15.9 Å². The summed E-state index contributed by atoms with van der Waals surface area (Å²) < 4.78 is 22.6. The molecule has 1 amide bonds. The molecule has 2 rings (SSSR count). The summed E-state index contributed by atoms with van der Waals surface area (Å²) in [6.07, 6.45) is 2.61. The SMILES string of the molecule is CC(=O)NC1CCCc2cc(S(N)(=O)=O)ccc21. The maximum atomic E-state index is 11.3. The van der Waals surface area contributed by atoms with E-state index >= 15 is 0 Å². The number of amides is 1. The van der Waals surface area contributed by atoms with Crippen molar-refractivity contribution in [2.24, 2.45) is 5.14 Å². The minimum absolute atomic E-state index is 0.0271. The van der Waals surface area contributed by atoms with Gasteiger partial charge < -0.3 is 5.32 Å². The van der Waals surface area contributed by atoms with Crippen molar-refractivity contribution in [2.45, 2.75) is 37.1 Å². The van der Waals surface area contributed by atoms with Crippen LogP contribution in [0.3, 0.4) is 0 Å². The molecule has 1 aromatic rings. The first-order chi connectivity index (χ1) is 8.38. The van der Waals surface area contributed by atoms with Gasteiger partial charge in [0.2, 0.25) is 15.9 Å². The Morgan fingerprint density at radius 2 is 2.17 bits per heavy atom. The van der Waals surface area contributed by atoms with Crippen molar-refractivity contribution in [2.75, 3.05) is 0 Å². The molecule has 98 valence electrons. The zero-order valence-electron chi connectivity index (χ0n) is 10.1. The Bertz CT molecular complexity index is 581. The molecule has 5 nitrogen and oxygen atoms in total. The van der Waals surface area contributed by atoms with Gasteiger partial charge >= 0.3 is 0 Å². The second-order valence-electron chi connectivity index (χ2n) is 4.55. The van der Waals surface area contributed by atoms with E-state index in [1.807, 2.05) is 0 Å². The smallest absolute Gasteiger partial charge is 0.238 e. The first-order valence-corrected chi connectivity index (χ1v) is 7.35. The Morgan fingerprint density at radius 3 is 2.78 bits per heavy atom. The third-order valence-electron chi connectivity index (χ3n) is 3.13. The lowest BCUT2D eigenvalue weighted by atomic mass is 9.88. The molecule has 1 unspecified atom stereocenters. The molecule has 6 heteroatoms. The lowest BCUT2D eigenvalue weighted by Crippen LogP contribution is -2.29. The van der Waals surface area contributed by atoms with Gasteiger partial charge in [-0.25, -0.2) is 13.6 Å². The van der Waals surface area contributed by atoms with Crippen LogP contribution in [-0.2, 0) is 21.2 Å². The quantitative estimate of drug-likeness (QED) is 0.833. The van der Waals surface area contributed by atoms with Crippen LogP contribution in [0.4, 0.5) is 0 Å². The molecule has 1 atom stereocenters. The minimum Gasteiger partial charge on any atom is -0.350 e. The van der Waals surface area contributed by atoms with Crippen LogP contribution in [0.5, 0.6) is 0 Å². The fourth-order valence-corrected chi connectivity index (χ4v) is 2.93. The predicted octanol–water partition coefficient (Wildman–Crippen LogP) is 0.848. The van der Waals surface area contributed by atoms with Crippen molar-refractivity contribution in [1.82, 2.24) is 5.32 Å². The molecule has 0 aliphatic heterocycles. The lowest BCUT2D eigenvalue weighted by Gasteiger charge is -2.26. The summed E-state index contributed by atoms with van der Waals surface area (Å²) in [5, 5.41) is 7.98. The summed E-state index contributed by atoms with van der Waals surface area (Å²) in [5.41, 5.74) is 1.94. The van der Waals surface area contributed by atoms with Gasteiger partial charge in [-0.3, -0.25) is 4.79 Å². The Balaban J connectivity index is 2.39. The van der Waals surface area contributed by atoms with Crippen molar-refractivity contribution in [3.8, 4) is 0 Å². The minimum atomic E-state index is -3.66. The number of nitrogens with two attached hydrogens (primary N) is 1. The summed E-state index contributed by atoms with van der Waals surface area (Å²) in [7, 11) is -3.66. The molecule has 0 radical (unpaired) electrons. The van der Waals surface area contributed by atoms with E-state index in [0.29, 0.717) is 0 Å². The number of fused-ring (bicyclic) bond motifs is 1. The van der Waals surface area contributed by atoms with Crippen LogP contribution in [0.2, 0.25) is 0 Å². The zero-order valence-corrected chi connectivity index (χ0v) is 11.0. The second-order valence-corrected chi connectivity index (χ2v) is 6.11. The Hall–Kier alpha value is -1.40. The monoisotopic (exact) mass is 268 g/mol. The number of rotatable bonds is 2. The van der Waals surface area contributed by atoms with E-state index in [1.165, 1.54) is 13.0 Å². The maximum Gasteiger partial charge on any atom is 0.238 e. The van der Waals surface area contributed by atoms with Gasteiger partial charge in [0, 0.05) is 6.92 Å². The third kappa shape index (κ3) is 2.70. The predicted molar refractivity (Wildman–Crippen MR) is 67.3 cm³/mol. The van der Waals surface area contributed by atoms with Crippen LogP contribution in [0.25, 0.3) is 0 Å². The summed E-state index contributed by atoms with van der Waals surface area (Å²) in [6, 6.07) is 4.82.